The number of benzene rings is 1. The third kappa shape index (κ3) is 7.02. The second kappa shape index (κ2) is 12.5. The van der Waals surface area contributed by atoms with E-state index >= 15 is 0 Å². The van der Waals surface area contributed by atoms with Crippen molar-refractivity contribution in [1.82, 2.24) is 4.90 Å². The maximum atomic E-state index is 10.7. The molecule has 1 aromatic heterocycles. The van der Waals surface area contributed by atoms with Crippen LogP contribution in [-0.4, -0.2) is 41.2 Å². The molecule has 2 aromatic rings. The molecular formula is C28H37NO3S. The summed E-state index contributed by atoms with van der Waals surface area (Å²) in [7, 11) is 0. The van der Waals surface area contributed by atoms with Crippen LogP contribution in [0.25, 0.3) is 10.4 Å². The van der Waals surface area contributed by atoms with Crippen molar-refractivity contribution in [3.63, 3.8) is 0 Å². The summed E-state index contributed by atoms with van der Waals surface area (Å²) < 4.78 is 6.56. The molecule has 2 fully saturated rings. The number of rotatable bonds is 11. The van der Waals surface area contributed by atoms with Crippen LogP contribution in [0.3, 0.4) is 0 Å². The van der Waals surface area contributed by atoms with Crippen LogP contribution in [0.2, 0.25) is 0 Å². The molecule has 4 rings (SSSR count). The van der Waals surface area contributed by atoms with Gasteiger partial charge in [-0.15, -0.1) is 11.3 Å². The number of thiophene rings is 1. The van der Waals surface area contributed by atoms with Crippen LogP contribution < -0.4 is 0 Å². The molecule has 33 heavy (non-hydrogen) atoms. The molecule has 1 aliphatic carbocycles. The van der Waals surface area contributed by atoms with Crippen LogP contribution in [0.1, 0.15) is 63.4 Å². The molecule has 178 valence electrons. The summed E-state index contributed by atoms with van der Waals surface area (Å²) in [5.41, 5.74) is 2.54. The Bertz CT molecular complexity index is 888. The van der Waals surface area contributed by atoms with Crippen molar-refractivity contribution in [2.24, 2.45) is 5.92 Å². The summed E-state index contributed by atoms with van der Waals surface area (Å²) in [5, 5.41) is 11.1. The summed E-state index contributed by atoms with van der Waals surface area (Å²) in [6, 6.07) is 13.5. The van der Waals surface area contributed by atoms with Crippen LogP contribution >= 0.6 is 11.3 Å². The van der Waals surface area contributed by atoms with Crippen molar-refractivity contribution in [2.45, 2.75) is 76.5 Å². The molecule has 3 atom stereocenters. The Morgan fingerprint density at radius 2 is 1.88 bits per heavy atom. The van der Waals surface area contributed by atoms with E-state index in [4.69, 9.17) is 9.84 Å². The minimum absolute atomic E-state index is 0.216. The maximum Gasteiger partial charge on any atom is 0.303 e. The predicted octanol–water partition coefficient (Wildman–Crippen LogP) is 6.77. The van der Waals surface area contributed by atoms with Crippen LogP contribution in [0.5, 0.6) is 0 Å². The number of carbonyl (C=O) groups is 1. The first-order chi connectivity index (χ1) is 16.2. The van der Waals surface area contributed by atoms with Crippen LogP contribution in [0, 0.1) is 5.92 Å². The van der Waals surface area contributed by atoms with Gasteiger partial charge in [-0.2, -0.15) is 0 Å². The standard InChI is InChI=1S/C28H37NO3S/c30-28(31)14-8-2-1-7-13-24-25(29-17-9-4-10-18-29)15-16-26(24)32-20-22-19-27(33-21-22)23-11-5-3-6-12-23/h1-3,5-6,11-12,19,21,24-26H,4,7-10,13-18,20H2,(H,30,31). The van der Waals surface area contributed by atoms with Crippen molar-refractivity contribution in [1.29, 1.82) is 0 Å². The molecule has 0 radical (unpaired) electrons. The van der Waals surface area contributed by atoms with Gasteiger partial charge in [0.05, 0.1) is 12.7 Å². The van der Waals surface area contributed by atoms with Crippen molar-refractivity contribution in [3.8, 4) is 10.4 Å². The lowest BCUT2D eigenvalue weighted by Crippen LogP contribution is -2.43. The predicted molar refractivity (Wildman–Crippen MR) is 136 cm³/mol. The van der Waals surface area contributed by atoms with E-state index in [1.165, 1.54) is 54.8 Å². The molecule has 1 saturated carbocycles. The van der Waals surface area contributed by atoms with Gasteiger partial charge in [0.15, 0.2) is 0 Å². The highest BCUT2D eigenvalue weighted by Gasteiger charge is 2.39. The van der Waals surface area contributed by atoms with Gasteiger partial charge in [0.2, 0.25) is 0 Å². The summed E-state index contributed by atoms with van der Waals surface area (Å²) >= 11 is 1.79. The molecular weight excluding hydrogens is 430 g/mol. The lowest BCUT2D eigenvalue weighted by atomic mass is 9.93. The van der Waals surface area contributed by atoms with Gasteiger partial charge in [-0.1, -0.05) is 48.9 Å². The highest BCUT2D eigenvalue weighted by atomic mass is 32.1. The Morgan fingerprint density at radius 3 is 2.67 bits per heavy atom. The van der Waals surface area contributed by atoms with Crippen LogP contribution in [0.4, 0.5) is 0 Å². The Kier molecular flexibility index (Phi) is 9.16. The zero-order chi connectivity index (χ0) is 22.9. The molecule has 1 saturated heterocycles. The fourth-order valence-electron chi connectivity index (χ4n) is 5.44. The molecule has 3 unspecified atom stereocenters. The number of piperidine rings is 1. The zero-order valence-electron chi connectivity index (χ0n) is 19.5. The molecule has 4 nitrogen and oxygen atoms in total. The first kappa shape index (κ1) is 24.2. The number of nitrogens with zero attached hydrogens (tertiary/aromatic N) is 1. The van der Waals surface area contributed by atoms with E-state index in [-0.39, 0.29) is 6.42 Å². The minimum atomic E-state index is -0.724. The molecule has 1 aromatic carbocycles. The largest absolute Gasteiger partial charge is 0.481 e. The fourth-order valence-corrected chi connectivity index (χ4v) is 6.35. The normalized spacial score (nSPS) is 23.9. The number of allylic oxidation sites excluding steroid dienone is 2. The summed E-state index contributed by atoms with van der Waals surface area (Å²) in [6.45, 7) is 3.15. The van der Waals surface area contributed by atoms with E-state index in [1.54, 1.807) is 11.3 Å². The van der Waals surface area contributed by atoms with Crippen molar-refractivity contribution >= 4 is 17.3 Å². The summed E-state index contributed by atoms with van der Waals surface area (Å²) in [6.07, 6.45) is 13.9. The van der Waals surface area contributed by atoms with Gasteiger partial charge in [-0.25, -0.2) is 0 Å². The Labute approximate surface area is 202 Å². The van der Waals surface area contributed by atoms with Crippen LogP contribution in [-0.2, 0) is 16.1 Å². The summed E-state index contributed by atoms with van der Waals surface area (Å²) in [5.74, 6) is -0.169. The Hall–Kier alpha value is -1.95. The number of carboxylic acid groups (broad SMARTS) is 1. The third-order valence-corrected chi connectivity index (χ3v) is 8.14. The van der Waals surface area contributed by atoms with E-state index in [9.17, 15) is 4.79 Å². The van der Waals surface area contributed by atoms with E-state index in [0.717, 1.165) is 19.3 Å². The monoisotopic (exact) mass is 467 g/mol. The highest BCUT2D eigenvalue weighted by molar-refractivity contribution is 7.13. The summed E-state index contributed by atoms with van der Waals surface area (Å²) in [4.78, 5) is 14.7. The van der Waals surface area contributed by atoms with Gasteiger partial charge in [-0.3, -0.25) is 4.79 Å². The van der Waals surface area contributed by atoms with E-state index < -0.39 is 5.97 Å². The molecule has 0 amide bonds. The average Bonchev–Trinajstić information content (AvgIpc) is 3.48. The Balaban J connectivity index is 1.34. The number of hydrogen-bond acceptors (Lipinski definition) is 4. The van der Waals surface area contributed by atoms with Gasteiger partial charge in [0.1, 0.15) is 0 Å². The first-order valence-electron chi connectivity index (χ1n) is 12.6. The maximum absolute atomic E-state index is 10.7. The number of hydrogen-bond donors (Lipinski definition) is 1. The van der Waals surface area contributed by atoms with Crippen molar-refractivity contribution in [2.75, 3.05) is 13.1 Å². The first-order valence-corrected chi connectivity index (χ1v) is 13.4. The number of carboxylic acids is 1. The molecule has 5 heteroatoms. The molecule has 2 heterocycles. The smallest absolute Gasteiger partial charge is 0.303 e. The van der Waals surface area contributed by atoms with Gasteiger partial charge in [-0.05, 0) is 80.6 Å². The van der Waals surface area contributed by atoms with Gasteiger partial charge in [0, 0.05) is 23.3 Å². The third-order valence-electron chi connectivity index (χ3n) is 7.11. The second-order valence-electron chi connectivity index (χ2n) is 9.42. The highest BCUT2D eigenvalue weighted by Crippen LogP contribution is 2.38. The fraction of sp³-hybridized carbons (Fsp3) is 0.536. The quantitative estimate of drug-likeness (QED) is 0.371. The lowest BCUT2D eigenvalue weighted by Gasteiger charge is -2.37. The lowest BCUT2D eigenvalue weighted by molar-refractivity contribution is -0.136. The molecule has 2 aliphatic rings. The molecule has 0 bridgehead atoms. The van der Waals surface area contributed by atoms with E-state index in [1.807, 2.05) is 6.08 Å². The molecule has 0 spiro atoms. The SMILES string of the molecule is O=C(O)CCC=CCCC1C(OCc2csc(-c3ccccc3)c2)CCC1N1CCCCC1. The van der Waals surface area contributed by atoms with Crippen molar-refractivity contribution < 1.29 is 14.6 Å². The minimum Gasteiger partial charge on any atom is -0.481 e. The van der Waals surface area contributed by atoms with Crippen LogP contribution in [0.15, 0.2) is 53.9 Å². The van der Waals surface area contributed by atoms with Gasteiger partial charge >= 0.3 is 5.97 Å². The molecule has 1 aliphatic heterocycles. The molecule has 1 N–H and O–H groups in total. The van der Waals surface area contributed by atoms with E-state index in [0.29, 0.717) is 31.1 Å². The number of likely N-dealkylation sites (tertiary alicyclic amines) is 1. The second-order valence-corrected chi connectivity index (χ2v) is 10.3. The number of ether oxygens (including phenoxy) is 1. The van der Waals surface area contributed by atoms with Crippen molar-refractivity contribution in [3.05, 3.63) is 59.5 Å². The van der Waals surface area contributed by atoms with Gasteiger partial charge < -0.3 is 14.7 Å². The number of aliphatic carboxylic acids is 1. The van der Waals surface area contributed by atoms with Gasteiger partial charge in [0.25, 0.3) is 0 Å². The topological polar surface area (TPSA) is 49.8 Å². The van der Waals surface area contributed by atoms with E-state index in [2.05, 4.69) is 52.8 Å². The Morgan fingerprint density at radius 1 is 1.09 bits per heavy atom. The zero-order valence-corrected chi connectivity index (χ0v) is 20.3. The average molecular weight is 468 g/mol.